The van der Waals surface area contributed by atoms with E-state index in [2.05, 4.69) is 20.3 Å². The molecule has 36 heavy (non-hydrogen) atoms. The second kappa shape index (κ2) is 10.5. The van der Waals surface area contributed by atoms with Crippen LogP contribution >= 0.6 is 0 Å². The highest BCUT2D eigenvalue weighted by Gasteiger charge is 2.55. The van der Waals surface area contributed by atoms with Gasteiger partial charge in [-0.1, -0.05) is 0 Å². The van der Waals surface area contributed by atoms with E-state index in [-0.39, 0.29) is 54.9 Å². The maximum Gasteiger partial charge on any atom is 0.407 e. The van der Waals surface area contributed by atoms with Gasteiger partial charge < -0.3 is 24.4 Å². The van der Waals surface area contributed by atoms with E-state index < -0.39 is 18.8 Å². The summed E-state index contributed by atoms with van der Waals surface area (Å²) >= 11 is 0. The fraction of sp³-hybridized carbons (Fsp3) is 0.870. The standard InChI is InChI=1S/C23H35F3N6O4/c1-34-18-9-14(10-27-20(18)35-2)17-4-3-16-19(29-17)21(30-5-7-36-8-6-30)32(22(16)33)15-11-28-31(12-15)13-23(24,25)26/h10-11,14-21,29H,3-9,12-13H2,1-2H3/t14?,15?,16?,17?,18?,19?,20?,21-/m0/s1. The molecule has 3 fully saturated rings. The average Bonchev–Trinajstić information content (AvgIpc) is 3.44. The molecule has 202 valence electrons. The minimum absolute atomic E-state index is 0.0146. The molecule has 3 saturated heterocycles. The number of hydrogen-bond acceptors (Lipinski definition) is 9. The highest BCUT2D eigenvalue weighted by Crippen LogP contribution is 2.39. The number of alkyl halides is 3. The van der Waals surface area contributed by atoms with Crippen LogP contribution in [0.4, 0.5) is 13.2 Å². The van der Waals surface area contributed by atoms with Crippen LogP contribution in [0.25, 0.3) is 0 Å². The fourth-order valence-corrected chi connectivity index (χ4v) is 6.38. The van der Waals surface area contributed by atoms with Crippen LogP contribution in [0.1, 0.15) is 19.3 Å². The van der Waals surface area contributed by atoms with Gasteiger partial charge in [0.15, 0.2) is 6.23 Å². The Bertz CT molecular complexity index is 854. The summed E-state index contributed by atoms with van der Waals surface area (Å²) in [4.78, 5) is 22.3. The van der Waals surface area contributed by atoms with Gasteiger partial charge in [-0.3, -0.25) is 19.7 Å². The predicted molar refractivity (Wildman–Crippen MR) is 125 cm³/mol. The number of piperidine rings is 1. The number of methoxy groups -OCH3 is 2. The number of likely N-dealkylation sites (tertiary alicyclic amines) is 1. The van der Waals surface area contributed by atoms with Crippen LogP contribution in [-0.2, 0) is 19.0 Å². The number of nitrogens with one attached hydrogen (secondary N) is 1. The smallest absolute Gasteiger partial charge is 0.379 e. The first-order valence-corrected chi connectivity index (χ1v) is 12.6. The number of aliphatic imine (C=N–C) groups is 1. The van der Waals surface area contributed by atoms with Crippen LogP contribution in [0, 0.1) is 11.8 Å². The second-order valence-corrected chi connectivity index (χ2v) is 10.2. The summed E-state index contributed by atoms with van der Waals surface area (Å²) < 4.78 is 55.5. The first-order valence-electron chi connectivity index (χ1n) is 12.6. The zero-order valence-electron chi connectivity index (χ0n) is 20.6. The van der Waals surface area contributed by atoms with Crippen molar-refractivity contribution in [3.63, 3.8) is 0 Å². The number of nitrogens with zero attached hydrogens (tertiary/aromatic N) is 5. The molecule has 0 aromatic carbocycles. The van der Waals surface area contributed by atoms with Gasteiger partial charge in [0.2, 0.25) is 5.91 Å². The molecule has 0 radical (unpaired) electrons. The van der Waals surface area contributed by atoms with Crippen molar-refractivity contribution >= 4 is 18.3 Å². The van der Waals surface area contributed by atoms with Gasteiger partial charge in [0.25, 0.3) is 0 Å². The average molecular weight is 517 g/mol. The van der Waals surface area contributed by atoms with E-state index in [4.69, 9.17) is 14.2 Å². The highest BCUT2D eigenvalue weighted by atomic mass is 19.4. The number of ether oxygens (including phenoxy) is 3. The Hall–Kier alpha value is -1.80. The van der Waals surface area contributed by atoms with Gasteiger partial charge >= 0.3 is 6.18 Å². The van der Waals surface area contributed by atoms with E-state index in [9.17, 15) is 18.0 Å². The first-order chi connectivity index (χ1) is 17.3. The summed E-state index contributed by atoms with van der Waals surface area (Å²) in [6.45, 7) is 1.35. The number of hydrogen-bond donors (Lipinski definition) is 1. The lowest BCUT2D eigenvalue weighted by Crippen LogP contribution is -2.63. The lowest BCUT2D eigenvalue weighted by Gasteiger charge is -2.45. The van der Waals surface area contributed by atoms with Crippen molar-refractivity contribution in [2.45, 2.75) is 62.1 Å². The van der Waals surface area contributed by atoms with Crippen LogP contribution in [0.2, 0.25) is 0 Å². The monoisotopic (exact) mass is 516 g/mol. The van der Waals surface area contributed by atoms with Crippen LogP contribution in [-0.4, -0.2) is 130 Å². The van der Waals surface area contributed by atoms with Crippen molar-refractivity contribution < 1.29 is 32.2 Å². The molecule has 0 bridgehead atoms. The maximum absolute atomic E-state index is 13.7. The number of halogens is 3. The Kier molecular flexibility index (Phi) is 7.55. The molecule has 5 rings (SSSR count). The molecular weight excluding hydrogens is 481 g/mol. The van der Waals surface area contributed by atoms with Crippen LogP contribution in [0.15, 0.2) is 10.1 Å². The number of morpholine rings is 1. The summed E-state index contributed by atoms with van der Waals surface area (Å²) in [6.07, 6.45) is 0.620. The lowest BCUT2D eigenvalue weighted by molar-refractivity contribution is -0.147. The number of carbonyl (C=O) groups is 1. The minimum Gasteiger partial charge on any atom is -0.379 e. The SMILES string of the molecule is COC1CC(C2CCC3C(=O)N(C4C=NN(CC(F)(F)F)C4)[C@H](N4CCOCC4)C3N2)C=NC1OC. The highest BCUT2D eigenvalue weighted by molar-refractivity contribution is 5.87. The molecule has 7 unspecified atom stereocenters. The molecule has 8 atom stereocenters. The number of amides is 1. The number of fused-ring (bicyclic) bond motifs is 1. The fourth-order valence-electron chi connectivity index (χ4n) is 6.38. The Labute approximate surface area is 208 Å². The third-order valence-electron chi connectivity index (χ3n) is 8.05. The maximum atomic E-state index is 13.7. The Morgan fingerprint density at radius 1 is 1.17 bits per heavy atom. The van der Waals surface area contributed by atoms with Crippen molar-refractivity contribution in [1.29, 1.82) is 0 Å². The van der Waals surface area contributed by atoms with Gasteiger partial charge in [-0.15, -0.1) is 0 Å². The summed E-state index contributed by atoms with van der Waals surface area (Å²) in [5.41, 5.74) is 0. The lowest BCUT2D eigenvalue weighted by atomic mass is 9.81. The summed E-state index contributed by atoms with van der Waals surface area (Å²) in [5.74, 6) is -0.115. The normalized spacial score (nSPS) is 39.8. The van der Waals surface area contributed by atoms with Crippen molar-refractivity contribution in [3.05, 3.63) is 0 Å². The topological polar surface area (TPSA) is 91.2 Å². The number of carbonyl (C=O) groups excluding carboxylic acids is 1. The molecule has 0 spiro atoms. The molecule has 10 nitrogen and oxygen atoms in total. The molecule has 0 saturated carbocycles. The number of hydrazone groups is 1. The van der Waals surface area contributed by atoms with Gasteiger partial charge in [-0.2, -0.15) is 18.3 Å². The van der Waals surface area contributed by atoms with Crippen LogP contribution in [0.3, 0.4) is 0 Å². The van der Waals surface area contributed by atoms with E-state index in [1.807, 2.05) is 6.21 Å². The molecule has 5 aliphatic heterocycles. The minimum atomic E-state index is -4.35. The summed E-state index contributed by atoms with van der Waals surface area (Å²) in [5, 5.41) is 8.76. The van der Waals surface area contributed by atoms with Crippen molar-refractivity contribution in [3.8, 4) is 0 Å². The molecule has 0 aromatic heterocycles. The third-order valence-corrected chi connectivity index (χ3v) is 8.05. The largest absolute Gasteiger partial charge is 0.407 e. The predicted octanol–water partition coefficient (Wildman–Crippen LogP) is 0.534. The van der Waals surface area contributed by atoms with Gasteiger partial charge in [0.1, 0.15) is 18.8 Å². The zero-order valence-corrected chi connectivity index (χ0v) is 20.6. The molecule has 0 aromatic rings. The van der Waals surface area contributed by atoms with E-state index >= 15 is 0 Å². The van der Waals surface area contributed by atoms with Gasteiger partial charge in [-0.25, -0.2) is 0 Å². The molecular formula is C23H35F3N6O4. The van der Waals surface area contributed by atoms with Gasteiger partial charge in [0, 0.05) is 51.7 Å². The third kappa shape index (κ3) is 5.13. The van der Waals surface area contributed by atoms with E-state index in [0.717, 1.165) is 17.9 Å². The Morgan fingerprint density at radius 3 is 2.64 bits per heavy atom. The van der Waals surface area contributed by atoms with E-state index in [1.165, 1.54) is 6.21 Å². The Morgan fingerprint density at radius 2 is 1.94 bits per heavy atom. The second-order valence-electron chi connectivity index (χ2n) is 10.2. The quantitative estimate of drug-likeness (QED) is 0.551. The van der Waals surface area contributed by atoms with Gasteiger partial charge in [0.05, 0.1) is 37.8 Å². The van der Waals surface area contributed by atoms with Crippen molar-refractivity contribution in [1.82, 2.24) is 20.1 Å². The number of rotatable bonds is 6. The van der Waals surface area contributed by atoms with E-state index in [0.29, 0.717) is 32.7 Å². The Balaban J connectivity index is 1.35. The van der Waals surface area contributed by atoms with E-state index in [1.54, 1.807) is 19.1 Å². The van der Waals surface area contributed by atoms with Crippen LogP contribution in [0.5, 0.6) is 0 Å². The summed E-state index contributed by atoms with van der Waals surface area (Å²) in [7, 11) is 3.28. The molecule has 5 heterocycles. The van der Waals surface area contributed by atoms with Crippen molar-refractivity contribution in [2.75, 3.05) is 53.6 Å². The molecule has 0 aliphatic carbocycles. The van der Waals surface area contributed by atoms with Gasteiger partial charge in [-0.05, 0) is 19.3 Å². The van der Waals surface area contributed by atoms with Crippen molar-refractivity contribution in [2.24, 2.45) is 21.9 Å². The first kappa shape index (κ1) is 25.8. The molecule has 13 heteroatoms. The molecule has 1 N–H and O–H groups in total. The summed E-state index contributed by atoms with van der Waals surface area (Å²) in [6, 6.07) is -0.537. The molecule has 1 amide bonds. The zero-order chi connectivity index (χ0) is 25.4. The molecule has 5 aliphatic rings. The van der Waals surface area contributed by atoms with Crippen LogP contribution < -0.4 is 5.32 Å².